The molecule has 3 rings (SSSR count). The second-order valence-electron chi connectivity index (χ2n) is 6.13. The molecule has 3 amide bonds. The van der Waals surface area contributed by atoms with Crippen LogP contribution in [0.15, 0.2) is 42.5 Å². The molecule has 1 fully saturated rings. The number of aryl methyl sites for hydroxylation is 2. The zero-order valence-corrected chi connectivity index (χ0v) is 15.2. The molecule has 1 unspecified atom stereocenters. The average molecular weight is 370 g/mol. The predicted molar refractivity (Wildman–Crippen MR) is 102 cm³/mol. The molecule has 2 N–H and O–H groups in total. The Hall–Kier alpha value is -2.80. The maximum atomic E-state index is 12.6. The van der Waals surface area contributed by atoms with Gasteiger partial charge in [-0.15, -0.1) is 0 Å². The maximum absolute atomic E-state index is 12.6. The van der Waals surface area contributed by atoms with E-state index in [1.165, 1.54) is 12.1 Å². The summed E-state index contributed by atoms with van der Waals surface area (Å²) in [6.45, 7) is 3.68. The number of benzene rings is 2. The minimum atomic E-state index is -0.749. The van der Waals surface area contributed by atoms with Gasteiger partial charge < -0.3 is 10.4 Å². The van der Waals surface area contributed by atoms with Crippen LogP contribution in [0.25, 0.3) is 0 Å². The highest BCUT2D eigenvalue weighted by Crippen LogP contribution is 2.33. The molecule has 134 valence electrons. The highest BCUT2D eigenvalue weighted by atomic mass is 32.2. The summed E-state index contributed by atoms with van der Waals surface area (Å²) in [6.07, 6.45) is -0.0993. The van der Waals surface area contributed by atoms with Crippen molar-refractivity contribution in [3.63, 3.8) is 0 Å². The third-order valence-electron chi connectivity index (χ3n) is 4.07. The van der Waals surface area contributed by atoms with Gasteiger partial charge in [-0.05, 0) is 61.5 Å². The van der Waals surface area contributed by atoms with Gasteiger partial charge in [0.1, 0.15) is 11.0 Å². The molecule has 2 aromatic rings. The SMILES string of the molecule is Cc1ccc(N2C(=O)SC(CC(=O)Nc3ccc(O)cc3C)C2=O)cc1. The molecule has 0 radical (unpaired) electrons. The van der Waals surface area contributed by atoms with Gasteiger partial charge in [0.25, 0.3) is 5.24 Å². The second-order valence-corrected chi connectivity index (χ2v) is 7.29. The van der Waals surface area contributed by atoms with E-state index in [0.29, 0.717) is 16.9 Å². The van der Waals surface area contributed by atoms with Gasteiger partial charge in [0.15, 0.2) is 0 Å². The van der Waals surface area contributed by atoms with E-state index in [4.69, 9.17) is 0 Å². The maximum Gasteiger partial charge on any atom is 0.293 e. The van der Waals surface area contributed by atoms with Crippen molar-refractivity contribution >= 4 is 40.2 Å². The normalized spacial score (nSPS) is 16.8. The van der Waals surface area contributed by atoms with Crippen LogP contribution in [0.4, 0.5) is 16.2 Å². The Bertz CT molecular complexity index is 880. The lowest BCUT2D eigenvalue weighted by atomic mass is 10.1. The van der Waals surface area contributed by atoms with Crippen molar-refractivity contribution in [2.75, 3.05) is 10.2 Å². The Morgan fingerprint density at radius 2 is 1.85 bits per heavy atom. The zero-order valence-electron chi connectivity index (χ0n) is 14.4. The number of amides is 3. The number of hydrogen-bond acceptors (Lipinski definition) is 5. The summed E-state index contributed by atoms with van der Waals surface area (Å²) in [5, 5.41) is 11.0. The molecule has 0 saturated carbocycles. The van der Waals surface area contributed by atoms with Gasteiger partial charge in [-0.3, -0.25) is 14.4 Å². The number of imide groups is 1. The second kappa shape index (κ2) is 7.21. The highest BCUT2D eigenvalue weighted by molar-refractivity contribution is 8.15. The summed E-state index contributed by atoms with van der Waals surface area (Å²) in [6, 6.07) is 11.7. The van der Waals surface area contributed by atoms with E-state index in [0.717, 1.165) is 22.2 Å². The van der Waals surface area contributed by atoms with Crippen LogP contribution in [-0.2, 0) is 9.59 Å². The Morgan fingerprint density at radius 3 is 2.50 bits per heavy atom. The number of anilines is 2. The Balaban J connectivity index is 1.68. The minimum absolute atomic E-state index is 0.0993. The summed E-state index contributed by atoms with van der Waals surface area (Å²) in [7, 11) is 0. The molecule has 7 heteroatoms. The zero-order chi connectivity index (χ0) is 18.8. The van der Waals surface area contributed by atoms with Crippen molar-refractivity contribution in [2.24, 2.45) is 0 Å². The molecule has 1 heterocycles. The number of nitrogens with one attached hydrogen (secondary N) is 1. The fourth-order valence-corrected chi connectivity index (χ4v) is 3.66. The van der Waals surface area contributed by atoms with Crippen LogP contribution in [0.5, 0.6) is 5.75 Å². The Labute approximate surface area is 155 Å². The van der Waals surface area contributed by atoms with E-state index in [1.54, 1.807) is 25.1 Å². The third-order valence-corrected chi connectivity index (χ3v) is 5.11. The molecular weight excluding hydrogens is 352 g/mol. The topological polar surface area (TPSA) is 86.7 Å². The summed E-state index contributed by atoms with van der Waals surface area (Å²) in [4.78, 5) is 38.2. The molecule has 26 heavy (non-hydrogen) atoms. The lowest BCUT2D eigenvalue weighted by molar-refractivity contribution is -0.121. The largest absolute Gasteiger partial charge is 0.508 e. The summed E-state index contributed by atoms with van der Waals surface area (Å²) in [5.74, 6) is -0.633. The summed E-state index contributed by atoms with van der Waals surface area (Å²) < 4.78 is 0. The molecule has 1 aliphatic rings. The smallest absolute Gasteiger partial charge is 0.293 e. The average Bonchev–Trinajstić information content (AvgIpc) is 2.85. The van der Waals surface area contributed by atoms with Gasteiger partial charge in [0.05, 0.1) is 5.69 Å². The van der Waals surface area contributed by atoms with E-state index in [9.17, 15) is 19.5 Å². The first-order chi connectivity index (χ1) is 12.3. The molecular formula is C19H18N2O4S. The molecule has 6 nitrogen and oxygen atoms in total. The van der Waals surface area contributed by atoms with Crippen LogP contribution >= 0.6 is 11.8 Å². The summed E-state index contributed by atoms with van der Waals surface area (Å²) in [5.41, 5.74) is 2.81. The number of phenolic OH excluding ortho intramolecular Hbond substituents is 1. The standard InChI is InChI=1S/C19H18N2O4S/c1-11-3-5-13(6-4-11)21-18(24)16(26-19(21)25)10-17(23)20-15-8-7-14(22)9-12(15)2/h3-9,16,22H,10H2,1-2H3,(H,20,23). The van der Waals surface area contributed by atoms with E-state index in [2.05, 4.69) is 5.32 Å². The molecule has 1 aliphatic heterocycles. The monoisotopic (exact) mass is 370 g/mol. The van der Waals surface area contributed by atoms with E-state index in [-0.39, 0.29) is 29.2 Å². The molecule has 2 aromatic carbocycles. The summed E-state index contributed by atoms with van der Waals surface area (Å²) >= 11 is 0.863. The number of hydrogen-bond donors (Lipinski definition) is 2. The van der Waals surface area contributed by atoms with Gasteiger partial charge in [0.2, 0.25) is 11.8 Å². The first kappa shape index (κ1) is 18.0. The molecule has 1 saturated heterocycles. The van der Waals surface area contributed by atoms with Crippen LogP contribution in [0.1, 0.15) is 17.5 Å². The minimum Gasteiger partial charge on any atom is -0.508 e. The van der Waals surface area contributed by atoms with Crippen LogP contribution in [0, 0.1) is 13.8 Å². The fourth-order valence-electron chi connectivity index (χ4n) is 2.67. The number of carbonyl (C=O) groups excluding carboxylic acids is 3. The van der Waals surface area contributed by atoms with E-state index >= 15 is 0 Å². The number of aromatic hydroxyl groups is 1. The van der Waals surface area contributed by atoms with Gasteiger partial charge in [0, 0.05) is 12.1 Å². The first-order valence-corrected chi connectivity index (χ1v) is 8.94. The van der Waals surface area contributed by atoms with Crippen molar-refractivity contribution in [2.45, 2.75) is 25.5 Å². The number of rotatable bonds is 4. The van der Waals surface area contributed by atoms with Gasteiger partial charge >= 0.3 is 0 Å². The van der Waals surface area contributed by atoms with E-state index in [1.807, 2.05) is 19.1 Å². The third kappa shape index (κ3) is 3.72. The van der Waals surface area contributed by atoms with E-state index < -0.39 is 5.25 Å². The number of phenols is 1. The molecule has 0 spiro atoms. The van der Waals surface area contributed by atoms with Gasteiger partial charge in [-0.25, -0.2) is 4.90 Å². The van der Waals surface area contributed by atoms with Crippen molar-refractivity contribution in [3.8, 4) is 5.75 Å². The van der Waals surface area contributed by atoms with Crippen LogP contribution in [0.2, 0.25) is 0 Å². The molecule has 0 aromatic heterocycles. The predicted octanol–water partition coefficient (Wildman–Crippen LogP) is 3.61. The Morgan fingerprint density at radius 1 is 1.15 bits per heavy atom. The quantitative estimate of drug-likeness (QED) is 0.803. The van der Waals surface area contributed by atoms with Gasteiger partial charge in [-0.1, -0.05) is 17.7 Å². The molecule has 1 atom stereocenters. The number of thioether (sulfide) groups is 1. The molecule has 0 aliphatic carbocycles. The first-order valence-electron chi connectivity index (χ1n) is 8.06. The lowest BCUT2D eigenvalue weighted by Gasteiger charge is -2.14. The van der Waals surface area contributed by atoms with Gasteiger partial charge in [-0.2, -0.15) is 0 Å². The highest BCUT2D eigenvalue weighted by Gasteiger charge is 2.41. The van der Waals surface area contributed by atoms with Crippen LogP contribution < -0.4 is 10.2 Å². The van der Waals surface area contributed by atoms with Crippen LogP contribution in [-0.4, -0.2) is 27.4 Å². The lowest BCUT2D eigenvalue weighted by Crippen LogP contribution is -2.33. The van der Waals surface area contributed by atoms with Crippen LogP contribution in [0.3, 0.4) is 0 Å². The van der Waals surface area contributed by atoms with Crippen molar-refractivity contribution in [1.82, 2.24) is 0 Å². The molecule has 0 bridgehead atoms. The van der Waals surface area contributed by atoms with Crippen molar-refractivity contribution in [1.29, 1.82) is 0 Å². The van der Waals surface area contributed by atoms with Crippen molar-refractivity contribution in [3.05, 3.63) is 53.6 Å². The fraction of sp³-hybridized carbons (Fsp3) is 0.211. The number of carbonyl (C=O) groups is 3. The Kier molecular flexibility index (Phi) is 4.99. The number of nitrogens with zero attached hydrogens (tertiary/aromatic N) is 1. The van der Waals surface area contributed by atoms with Crippen molar-refractivity contribution < 1.29 is 19.5 Å².